The van der Waals surface area contributed by atoms with Gasteiger partial charge in [-0.15, -0.1) is 0 Å². The highest BCUT2D eigenvalue weighted by atomic mass is 127. The average molecular weight is 450 g/mol. The molecular formula is C21H27IN2O. The molecule has 0 N–H and O–H groups in total. The molecule has 0 radical (unpaired) electrons. The number of hydrogen-bond acceptors (Lipinski definition) is 2. The highest BCUT2D eigenvalue weighted by Crippen LogP contribution is 2.24. The molecule has 2 heterocycles. The van der Waals surface area contributed by atoms with Gasteiger partial charge in [0.15, 0.2) is 5.78 Å². The van der Waals surface area contributed by atoms with Crippen LogP contribution >= 0.6 is 22.6 Å². The molecule has 25 heavy (non-hydrogen) atoms. The molecule has 2 aromatic rings. The summed E-state index contributed by atoms with van der Waals surface area (Å²) in [6.07, 6.45) is 3.72. The first kappa shape index (κ1) is 18.6. The van der Waals surface area contributed by atoms with Gasteiger partial charge in [0, 0.05) is 26.2 Å². The first-order valence-electron chi connectivity index (χ1n) is 9.20. The largest absolute Gasteiger partial charge is 0.318 e. The number of piperidine rings is 1. The molecule has 1 aromatic carbocycles. The van der Waals surface area contributed by atoms with Crippen LogP contribution in [0.2, 0.25) is 0 Å². The summed E-state index contributed by atoms with van der Waals surface area (Å²) in [5.41, 5.74) is 4.16. The summed E-state index contributed by atoms with van der Waals surface area (Å²) in [7, 11) is 0. The standard InChI is InChI=1S/C21H27IN2O/c1-4-17-9-11-23(12-10-17)14-21(25)20-13-15(2)24(16(20)3)19-7-5-18(22)6-8-19/h5-8,13,17H,4,9-12,14H2,1-3H3. The molecule has 1 aliphatic heterocycles. The number of ketones is 1. The Balaban J connectivity index is 1.76. The number of rotatable bonds is 5. The van der Waals surface area contributed by atoms with E-state index in [9.17, 15) is 4.79 Å². The van der Waals surface area contributed by atoms with E-state index >= 15 is 0 Å². The van der Waals surface area contributed by atoms with Gasteiger partial charge >= 0.3 is 0 Å². The molecule has 0 atom stereocenters. The van der Waals surface area contributed by atoms with Gasteiger partial charge in [0.05, 0.1) is 6.54 Å². The van der Waals surface area contributed by atoms with Crippen molar-refractivity contribution in [2.24, 2.45) is 5.92 Å². The Bertz CT molecular complexity index is 740. The van der Waals surface area contributed by atoms with Crippen molar-refractivity contribution < 1.29 is 4.79 Å². The number of halogens is 1. The number of aryl methyl sites for hydroxylation is 1. The second-order valence-corrected chi connectivity index (χ2v) is 8.39. The number of likely N-dealkylation sites (tertiary alicyclic amines) is 1. The third-order valence-corrected chi connectivity index (χ3v) is 6.19. The molecule has 0 saturated carbocycles. The fourth-order valence-electron chi connectivity index (χ4n) is 3.87. The second kappa shape index (κ2) is 8.04. The lowest BCUT2D eigenvalue weighted by Crippen LogP contribution is -2.37. The SMILES string of the molecule is CCC1CCN(CC(=O)c2cc(C)n(-c3ccc(I)cc3)c2C)CC1. The molecule has 134 valence electrons. The lowest BCUT2D eigenvalue weighted by molar-refractivity contribution is 0.0894. The number of carbonyl (C=O) groups is 1. The van der Waals surface area contributed by atoms with Crippen LogP contribution in [0.5, 0.6) is 0 Å². The van der Waals surface area contributed by atoms with E-state index in [-0.39, 0.29) is 5.78 Å². The average Bonchev–Trinajstić information content (AvgIpc) is 2.91. The van der Waals surface area contributed by atoms with E-state index in [1.54, 1.807) is 0 Å². The van der Waals surface area contributed by atoms with Gasteiger partial charge in [0.1, 0.15) is 0 Å². The zero-order valence-electron chi connectivity index (χ0n) is 15.4. The van der Waals surface area contributed by atoms with E-state index in [1.165, 1.54) is 22.8 Å². The van der Waals surface area contributed by atoms with Gasteiger partial charge in [-0.1, -0.05) is 13.3 Å². The second-order valence-electron chi connectivity index (χ2n) is 7.15. The topological polar surface area (TPSA) is 25.2 Å². The van der Waals surface area contributed by atoms with E-state index in [2.05, 4.69) is 83.2 Å². The number of nitrogens with zero attached hydrogens (tertiary/aromatic N) is 2. The van der Waals surface area contributed by atoms with Crippen LogP contribution in [-0.2, 0) is 0 Å². The lowest BCUT2D eigenvalue weighted by atomic mass is 9.94. The molecule has 3 rings (SSSR count). The number of carbonyl (C=O) groups excluding carboxylic acids is 1. The van der Waals surface area contributed by atoms with Crippen LogP contribution in [-0.4, -0.2) is 34.9 Å². The van der Waals surface area contributed by atoms with Crippen LogP contribution < -0.4 is 0 Å². The van der Waals surface area contributed by atoms with Gasteiger partial charge in [-0.05, 0) is 98.6 Å². The quantitative estimate of drug-likeness (QED) is 0.473. The molecule has 3 nitrogen and oxygen atoms in total. The van der Waals surface area contributed by atoms with Crippen LogP contribution in [0.1, 0.15) is 47.9 Å². The molecule has 0 bridgehead atoms. The maximum Gasteiger partial charge on any atom is 0.178 e. The maximum absolute atomic E-state index is 12.9. The highest BCUT2D eigenvalue weighted by molar-refractivity contribution is 14.1. The van der Waals surface area contributed by atoms with Gasteiger partial charge in [-0.3, -0.25) is 9.69 Å². The van der Waals surface area contributed by atoms with E-state index in [4.69, 9.17) is 0 Å². The molecule has 0 aliphatic carbocycles. The Morgan fingerprint density at radius 3 is 2.40 bits per heavy atom. The Hall–Kier alpha value is -1.14. The van der Waals surface area contributed by atoms with Crippen LogP contribution in [0.4, 0.5) is 0 Å². The highest BCUT2D eigenvalue weighted by Gasteiger charge is 2.22. The molecule has 1 fully saturated rings. The van der Waals surface area contributed by atoms with Gasteiger partial charge in [0.2, 0.25) is 0 Å². The number of benzene rings is 1. The summed E-state index contributed by atoms with van der Waals surface area (Å²) < 4.78 is 3.41. The fraction of sp³-hybridized carbons (Fsp3) is 0.476. The maximum atomic E-state index is 12.9. The molecule has 0 spiro atoms. The number of Topliss-reactive ketones (excluding diaryl/α,β-unsaturated/α-hetero) is 1. The van der Waals surface area contributed by atoms with Crippen molar-refractivity contribution in [3.63, 3.8) is 0 Å². The van der Waals surface area contributed by atoms with E-state index < -0.39 is 0 Å². The van der Waals surface area contributed by atoms with Crippen molar-refractivity contribution in [1.29, 1.82) is 0 Å². The predicted molar refractivity (Wildman–Crippen MR) is 112 cm³/mol. The van der Waals surface area contributed by atoms with Crippen molar-refractivity contribution in [3.8, 4) is 5.69 Å². The van der Waals surface area contributed by atoms with E-state index in [0.717, 1.165) is 41.6 Å². The van der Waals surface area contributed by atoms with Gasteiger partial charge in [-0.2, -0.15) is 0 Å². The number of aromatic nitrogens is 1. The normalized spacial score (nSPS) is 16.3. The van der Waals surface area contributed by atoms with Crippen molar-refractivity contribution in [2.75, 3.05) is 19.6 Å². The third-order valence-electron chi connectivity index (χ3n) is 5.47. The summed E-state index contributed by atoms with van der Waals surface area (Å²) in [6.45, 7) is 9.06. The molecular weight excluding hydrogens is 423 g/mol. The zero-order valence-corrected chi connectivity index (χ0v) is 17.5. The monoisotopic (exact) mass is 450 g/mol. The van der Waals surface area contributed by atoms with Crippen LogP contribution in [0.15, 0.2) is 30.3 Å². The van der Waals surface area contributed by atoms with Crippen LogP contribution in [0.25, 0.3) is 5.69 Å². The first-order valence-corrected chi connectivity index (χ1v) is 10.3. The molecule has 0 unspecified atom stereocenters. The molecule has 4 heteroatoms. The van der Waals surface area contributed by atoms with Crippen LogP contribution in [0, 0.1) is 23.3 Å². The van der Waals surface area contributed by atoms with E-state index in [1.807, 2.05) is 0 Å². The van der Waals surface area contributed by atoms with Crippen molar-refractivity contribution >= 4 is 28.4 Å². The number of hydrogen-bond donors (Lipinski definition) is 0. The summed E-state index contributed by atoms with van der Waals surface area (Å²) in [5.74, 6) is 1.09. The molecule has 0 amide bonds. The van der Waals surface area contributed by atoms with Gasteiger partial charge in [0.25, 0.3) is 0 Å². The first-order chi connectivity index (χ1) is 12.0. The van der Waals surface area contributed by atoms with Gasteiger partial charge in [-0.25, -0.2) is 0 Å². The summed E-state index contributed by atoms with van der Waals surface area (Å²) in [4.78, 5) is 15.2. The minimum absolute atomic E-state index is 0.250. The minimum atomic E-state index is 0.250. The minimum Gasteiger partial charge on any atom is -0.318 e. The Kier molecular flexibility index (Phi) is 6.00. The van der Waals surface area contributed by atoms with E-state index in [0.29, 0.717) is 6.54 Å². The summed E-state index contributed by atoms with van der Waals surface area (Å²) >= 11 is 2.31. The fourth-order valence-corrected chi connectivity index (χ4v) is 4.23. The van der Waals surface area contributed by atoms with Crippen LogP contribution in [0.3, 0.4) is 0 Å². The molecule has 1 aliphatic rings. The lowest BCUT2D eigenvalue weighted by Gasteiger charge is -2.30. The molecule has 1 aromatic heterocycles. The van der Waals surface area contributed by atoms with Crippen molar-refractivity contribution in [3.05, 3.63) is 50.9 Å². The van der Waals surface area contributed by atoms with Crippen molar-refractivity contribution in [2.45, 2.75) is 40.0 Å². The Labute approximate surface area is 164 Å². The Morgan fingerprint density at radius 2 is 1.80 bits per heavy atom. The third kappa shape index (κ3) is 4.17. The summed E-state index contributed by atoms with van der Waals surface area (Å²) in [5, 5.41) is 0. The van der Waals surface area contributed by atoms with Gasteiger partial charge < -0.3 is 4.57 Å². The Morgan fingerprint density at radius 1 is 1.16 bits per heavy atom. The molecule has 1 saturated heterocycles. The zero-order chi connectivity index (χ0) is 18.0. The van der Waals surface area contributed by atoms with Crippen molar-refractivity contribution in [1.82, 2.24) is 9.47 Å². The predicted octanol–water partition coefficient (Wildman–Crippen LogP) is 5.00. The summed E-state index contributed by atoms with van der Waals surface area (Å²) in [6, 6.07) is 10.5. The smallest absolute Gasteiger partial charge is 0.178 e.